The molecule has 1 aliphatic heterocycles. The van der Waals surface area contributed by atoms with Crippen molar-refractivity contribution in [2.75, 3.05) is 26.9 Å². The molecule has 142 valence electrons. The molecule has 0 atom stereocenters. The van der Waals surface area contributed by atoms with Gasteiger partial charge in [-0.1, -0.05) is 0 Å². The molecule has 27 heavy (non-hydrogen) atoms. The lowest BCUT2D eigenvalue weighted by atomic mass is 10.1. The van der Waals surface area contributed by atoms with Gasteiger partial charge in [0.2, 0.25) is 10.0 Å². The molecule has 0 aliphatic carbocycles. The molecule has 0 saturated heterocycles. The maximum absolute atomic E-state index is 12.6. The largest absolute Gasteiger partial charge is 0.495 e. The first-order valence-electron chi connectivity index (χ1n) is 7.61. The van der Waals surface area contributed by atoms with E-state index in [1.165, 1.54) is 39.4 Å². The summed E-state index contributed by atoms with van der Waals surface area (Å²) >= 11 is 0. The van der Waals surface area contributed by atoms with Gasteiger partial charge in [0.1, 0.15) is 16.5 Å². The number of hydrogen-bond acceptors (Lipinski definition) is 7. The Bertz CT molecular complexity index is 1150. The summed E-state index contributed by atoms with van der Waals surface area (Å²) in [7, 11) is 0.136. The zero-order valence-electron chi connectivity index (χ0n) is 14.6. The van der Waals surface area contributed by atoms with Crippen LogP contribution in [0.2, 0.25) is 0 Å². The number of pyridine rings is 1. The van der Waals surface area contributed by atoms with Crippen molar-refractivity contribution in [1.82, 2.24) is 14.2 Å². The van der Waals surface area contributed by atoms with Crippen LogP contribution in [0.15, 0.2) is 34.0 Å². The van der Waals surface area contributed by atoms with Crippen LogP contribution in [0, 0.1) is 0 Å². The fourth-order valence-electron chi connectivity index (χ4n) is 2.75. The number of carbonyl (C=O) groups excluding carboxylic acids is 2. The van der Waals surface area contributed by atoms with Crippen LogP contribution in [-0.4, -0.2) is 50.3 Å². The van der Waals surface area contributed by atoms with Gasteiger partial charge in [-0.15, -0.1) is 0 Å². The maximum atomic E-state index is 12.6. The summed E-state index contributed by atoms with van der Waals surface area (Å²) in [5.74, 6) is -1.63. The molecule has 0 unspecified atom stereocenters. The Labute approximate surface area is 154 Å². The highest BCUT2D eigenvalue weighted by Gasteiger charge is 2.32. The number of sulfonamides is 1. The molecular weight excluding hydrogens is 376 g/mol. The number of nitrogen functional groups attached to an aromatic ring is 1. The quantitative estimate of drug-likeness (QED) is 0.672. The number of rotatable bonds is 4. The van der Waals surface area contributed by atoms with Crippen molar-refractivity contribution in [2.24, 2.45) is 0 Å². The van der Waals surface area contributed by atoms with Crippen molar-refractivity contribution in [1.29, 1.82) is 0 Å². The Morgan fingerprint density at radius 1 is 1.11 bits per heavy atom. The second-order valence-corrected chi connectivity index (χ2v) is 8.02. The van der Waals surface area contributed by atoms with E-state index in [4.69, 9.17) is 10.5 Å². The average molecular weight is 392 g/mol. The molecule has 11 heteroatoms. The molecule has 10 nitrogen and oxygen atoms in total. The highest BCUT2D eigenvalue weighted by molar-refractivity contribution is 7.89. The van der Waals surface area contributed by atoms with Gasteiger partial charge in [-0.2, -0.15) is 0 Å². The zero-order chi connectivity index (χ0) is 20.1. The van der Waals surface area contributed by atoms with E-state index >= 15 is 0 Å². The molecule has 0 saturated carbocycles. The number of amides is 2. The van der Waals surface area contributed by atoms with Gasteiger partial charge >= 0.3 is 0 Å². The summed E-state index contributed by atoms with van der Waals surface area (Å²) in [6.07, 6.45) is 0. The van der Waals surface area contributed by atoms with Crippen LogP contribution >= 0.6 is 0 Å². The number of methoxy groups -OCH3 is 1. The van der Waals surface area contributed by atoms with Crippen molar-refractivity contribution in [3.05, 3.63) is 45.7 Å². The Balaban J connectivity index is 2.31. The molecule has 1 aliphatic rings. The smallest absolute Gasteiger partial charge is 0.262 e. The van der Waals surface area contributed by atoms with Gasteiger partial charge in [0.25, 0.3) is 17.4 Å². The lowest BCUT2D eigenvalue weighted by Crippen LogP contribution is -2.25. The Kier molecular flexibility index (Phi) is 4.28. The van der Waals surface area contributed by atoms with Crippen LogP contribution in [0.25, 0.3) is 5.69 Å². The van der Waals surface area contributed by atoms with Gasteiger partial charge in [0.15, 0.2) is 0 Å². The van der Waals surface area contributed by atoms with Gasteiger partial charge in [-0.25, -0.2) is 12.7 Å². The van der Waals surface area contributed by atoms with E-state index in [9.17, 15) is 22.8 Å². The second-order valence-electron chi connectivity index (χ2n) is 5.90. The third-order valence-electron chi connectivity index (χ3n) is 4.12. The normalized spacial score (nSPS) is 13.6. The van der Waals surface area contributed by atoms with E-state index in [1.807, 2.05) is 0 Å². The van der Waals surface area contributed by atoms with E-state index in [-0.39, 0.29) is 33.3 Å². The maximum Gasteiger partial charge on any atom is 0.262 e. The average Bonchev–Trinajstić information content (AvgIpc) is 2.88. The number of nitrogens with zero attached hydrogens (tertiary/aromatic N) is 2. The topological polar surface area (TPSA) is 141 Å². The van der Waals surface area contributed by atoms with E-state index in [2.05, 4.69) is 5.32 Å². The Hall–Kier alpha value is -3.18. The molecule has 0 fully saturated rings. The van der Waals surface area contributed by atoms with Gasteiger partial charge in [-0.3, -0.25) is 24.3 Å². The molecule has 2 heterocycles. The van der Waals surface area contributed by atoms with Gasteiger partial charge in [0, 0.05) is 20.2 Å². The molecule has 0 spiro atoms. The highest BCUT2D eigenvalue weighted by Crippen LogP contribution is 2.30. The number of ether oxygens (including phenoxy) is 1. The highest BCUT2D eigenvalue weighted by atomic mass is 32.2. The summed E-state index contributed by atoms with van der Waals surface area (Å²) < 4.78 is 32.2. The van der Waals surface area contributed by atoms with Crippen molar-refractivity contribution >= 4 is 27.7 Å². The Morgan fingerprint density at radius 2 is 1.78 bits per heavy atom. The fraction of sp³-hybridized carbons (Fsp3) is 0.188. The van der Waals surface area contributed by atoms with Crippen LogP contribution < -0.4 is 21.3 Å². The summed E-state index contributed by atoms with van der Waals surface area (Å²) in [5.41, 5.74) is 5.14. The van der Waals surface area contributed by atoms with Crippen LogP contribution in [0.3, 0.4) is 0 Å². The predicted octanol–water partition coefficient (Wildman–Crippen LogP) is -0.438. The lowest BCUT2D eigenvalue weighted by molar-refractivity contribution is 0.0880. The number of benzene rings is 1. The predicted molar refractivity (Wildman–Crippen MR) is 95.7 cm³/mol. The number of fused-ring (bicyclic) bond motifs is 1. The number of hydrogen-bond donors (Lipinski definition) is 2. The van der Waals surface area contributed by atoms with Crippen LogP contribution in [0.5, 0.6) is 5.75 Å². The van der Waals surface area contributed by atoms with Gasteiger partial charge in [0.05, 0.1) is 23.9 Å². The van der Waals surface area contributed by atoms with E-state index in [0.717, 1.165) is 14.9 Å². The number of aromatic nitrogens is 1. The molecule has 0 radical (unpaired) electrons. The number of carbonyl (C=O) groups is 2. The fourth-order valence-corrected chi connectivity index (χ4v) is 3.82. The van der Waals surface area contributed by atoms with Gasteiger partial charge in [-0.05, 0) is 18.2 Å². The van der Waals surface area contributed by atoms with Crippen molar-refractivity contribution in [3.8, 4) is 11.4 Å². The monoisotopic (exact) mass is 392 g/mol. The second kappa shape index (κ2) is 6.21. The minimum atomic E-state index is -3.89. The summed E-state index contributed by atoms with van der Waals surface area (Å²) in [5, 5.41) is 2.07. The first kappa shape index (κ1) is 18.6. The third kappa shape index (κ3) is 2.76. The first-order chi connectivity index (χ1) is 12.6. The molecule has 3 rings (SSSR count). The van der Waals surface area contributed by atoms with Crippen molar-refractivity contribution in [2.45, 2.75) is 4.90 Å². The zero-order valence-corrected chi connectivity index (χ0v) is 15.5. The minimum Gasteiger partial charge on any atom is -0.495 e. The summed E-state index contributed by atoms with van der Waals surface area (Å²) in [6.45, 7) is 0. The van der Waals surface area contributed by atoms with Crippen LogP contribution in [0.4, 0.5) is 5.82 Å². The molecule has 3 N–H and O–H groups in total. The van der Waals surface area contributed by atoms with Crippen molar-refractivity contribution in [3.63, 3.8) is 0 Å². The molecule has 2 aromatic rings. The first-order valence-corrected chi connectivity index (χ1v) is 9.05. The summed E-state index contributed by atoms with van der Waals surface area (Å²) in [4.78, 5) is 36.0. The third-order valence-corrected chi connectivity index (χ3v) is 5.95. The summed E-state index contributed by atoms with van der Waals surface area (Å²) in [6, 6.07) is 4.99. The number of nitrogens with two attached hydrogens (primary N) is 1. The number of imide groups is 1. The van der Waals surface area contributed by atoms with Crippen LogP contribution in [0.1, 0.15) is 20.7 Å². The minimum absolute atomic E-state index is 0.0770. The number of anilines is 1. The Morgan fingerprint density at radius 3 is 2.37 bits per heavy atom. The molecule has 1 aromatic carbocycles. The van der Waals surface area contributed by atoms with Crippen molar-refractivity contribution < 1.29 is 22.7 Å². The van der Waals surface area contributed by atoms with Crippen LogP contribution in [-0.2, 0) is 10.0 Å². The standard InChI is InChI=1S/C16H16N4O6S/c1-19(2)27(24,25)11-6-8(4-5-10(11)26-3)20-12(21)7-9-13(14(20)17)16(23)18-15(9)22/h4-7H,17H2,1-3H3,(H,18,22,23). The van der Waals surface area contributed by atoms with E-state index in [1.54, 1.807) is 0 Å². The van der Waals surface area contributed by atoms with E-state index < -0.39 is 27.4 Å². The molecular formula is C16H16N4O6S. The molecule has 0 bridgehead atoms. The van der Waals surface area contributed by atoms with Gasteiger partial charge < -0.3 is 10.5 Å². The number of nitrogens with one attached hydrogen (secondary N) is 1. The SMILES string of the molecule is COc1ccc(-n2c(N)c3c(cc2=O)C(=O)NC3=O)cc1S(=O)(=O)N(C)C. The molecule has 1 aromatic heterocycles. The lowest BCUT2D eigenvalue weighted by Gasteiger charge is -2.17. The molecule has 2 amide bonds. The van der Waals surface area contributed by atoms with E-state index in [0.29, 0.717) is 0 Å².